The van der Waals surface area contributed by atoms with Gasteiger partial charge in [-0.2, -0.15) is 0 Å². The van der Waals surface area contributed by atoms with Crippen LogP contribution in [0.2, 0.25) is 0 Å². The van der Waals surface area contributed by atoms with Gasteiger partial charge in [0.25, 0.3) is 0 Å². The number of hydrogen-bond acceptors (Lipinski definition) is 3. The Bertz CT molecular complexity index is 546. The van der Waals surface area contributed by atoms with Crippen LogP contribution in [-0.2, 0) is 16.0 Å². The Labute approximate surface area is 131 Å². The Hall–Kier alpha value is -1.59. The Morgan fingerprint density at radius 3 is 2.62 bits per heavy atom. The van der Waals surface area contributed by atoms with E-state index < -0.39 is 6.04 Å². The fraction of sp³-hybridized carbons (Fsp3) is 0.467. The first-order valence-corrected chi connectivity index (χ1v) is 6.87. The van der Waals surface area contributed by atoms with Crippen LogP contribution in [0.1, 0.15) is 37.9 Å². The summed E-state index contributed by atoms with van der Waals surface area (Å²) in [5.74, 6) is -0.0399. The van der Waals surface area contributed by atoms with Gasteiger partial charge in [0, 0.05) is 5.69 Å². The molecule has 0 saturated heterocycles. The predicted octanol–water partition coefficient (Wildman–Crippen LogP) is 1.76. The molecule has 0 saturated carbocycles. The van der Waals surface area contributed by atoms with Crippen LogP contribution in [0.3, 0.4) is 0 Å². The molecule has 4 N–H and O–H groups in total. The number of carbonyl (C=O) groups excluding carboxylic acids is 2. The first-order valence-electron chi connectivity index (χ1n) is 6.87. The molecular formula is C15H22ClN3O2. The maximum absolute atomic E-state index is 12.0. The van der Waals surface area contributed by atoms with Crippen molar-refractivity contribution in [1.82, 2.24) is 5.32 Å². The summed E-state index contributed by atoms with van der Waals surface area (Å²) >= 11 is 0. The van der Waals surface area contributed by atoms with Crippen molar-refractivity contribution in [2.24, 2.45) is 11.7 Å². The molecule has 1 aromatic carbocycles. The summed E-state index contributed by atoms with van der Waals surface area (Å²) in [7, 11) is 0. The fourth-order valence-electron chi connectivity index (χ4n) is 2.21. The molecule has 0 bridgehead atoms. The zero-order valence-electron chi connectivity index (χ0n) is 12.5. The lowest BCUT2D eigenvalue weighted by Crippen LogP contribution is -2.44. The number of anilines is 1. The molecule has 1 aliphatic rings. The third-order valence-corrected chi connectivity index (χ3v) is 3.63. The first kappa shape index (κ1) is 17.5. The number of hydrogen-bond donors (Lipinski definition) is 3. The molecule has 0 spiro atoms. The van der Waals surface area contributed by atoms with E-state index in [-0.39, 0.29) is 36.2 Å². The lowest BCUT2D eigenvalue weighted by molar-refractivity contribution is -0.123. The van der Waals surface area contributed by atoms with Crippen LogP contribution in [0.5, 0.6) is 0 Å². The number of rotatable bonds is 4. The van der Waals surface area contributed by atoms with Gasteiger partial charge in [0.2, 0.25) is 11.8 Å². The Balaban J connectivity index is 0.00000220. The van der Waals surface area contributed by atoms with Crippen molar-refractivity contribution in [2.75, 3.05) is 5.32 Å². The highest BCUT2D eigenvalue weighted by molar-refractivity contribution is 5.99. The number of fused-ring (bicyclic) bond motifs is 1. The van der Waals surface area contributed by atoms with Gasteiger partial charge in [-0.05, 0) is 30.0 Å². The van der Waals surface area contributed by atoms with E-state index in [1.54, 1.807) is 0 Å². The third-order valence-electron chi connectivity index (χ3n) is 3.63. The normalized spacial score (nSPS) is 15.8. The quantitative estimate of drug-likeness (QED) is 0.792. The molecule has 0 aromatic heterocycles. The minimum Gasteiger partial charge on any atom is -0.348 e. The number of amides is 2. The van der Waals surface area contributed by atoms with E-state index in [4.69, 9.17) is 5.73 Å². The van der Waals surface area contributed by atoms with Gasteiger partial charge in [0.1, 0.15) is 0 Å². The molecule has 1 aliphatic heterocycles. The van der Waals surface area contributed by atoms with Crippen LogP contribution in [0, 0.1) is 5.92 Å². The largest absolute Gasteiger partial charge is 0.348 e. The maximum Gasteiger partial charge on any atom is 0.237 e. The molecule has 1 heterocycles. The van der Waals surface area contributed by atoms with Gasteiger partial charge in [-0.15, -0.1) is 12.4 Å². The lowest BCUT2D eigenvalue weighted by atomic mass is 10.0. The van der Waals surface area contributed by atoms with Gasteiger partial charge in [-0.3, -0.25) is 9.59 Å². The van der Waals surface area contributed by atoms with Crippen molar-refractivity contribution in [1.29, 1.82) is 0 Å². The lowest BCUT2D eigenvalue weighted by Gasteiger charge is -2.20. The molecule has 5 nitrogen and oxygen atoms in total. The van der Waals surface area contributed by atoms with E-state index in [1.807, 2.05) is 39.0 Å². The third kappa shape index (κ3) is 3.95. The van der Waals surface area contributed by atoms with E-state index in [1.165, 1.54) is 0 Å². The summed E-state index contributed by atoms with van der Waals surface area (Å²) in [6, 6.07) is 5.11. The molecule has 0 fully saturated rings. The second-order valence-corrected chi connectivity index (χ2v) is 5.64. The number of halogens is 1. The van der Waals surface area contributed by atoms with Crippen LogP contribution in [-0.4, -0.2) is 17.9 Å². The molecule has 1 unspecified atom stereocenters. The number of nitrogens with two attached hydrogens (primary N) is 1. The minimum absolute atomic E-state index is 0. The highest BCUT2D eigenvalue weighted by atomic mass is 35.5. The van der Waals surface area contributed by atoms with Crippen molar-refractivity contribution in [3.05, 3.63) is 29.3 Å². The Morgan fingerprint density at radius 2 is 2.00 bits per heavy atom. The Kier molecular flexibility index (Phi) is 5.75. The standard InChI is InChI=1S/C15H21N3O2.ClH/c1-8(2)14(16)15(20)17-9(3)10-4-5-12-11(6-10)7-13(19)18-12;/h4-6,8-9,14H,7,16H2,1-3H3,(H,17,20)(H,18,19);1H/t9?,14-;/m0./s1. The zero-order valence-corrected chi connectivity index (χ0v) is 13.3. The van der Waals surface area contributed by atoms with Gasteiger partial charge in [-0.25, -0.2) is 0 Å². The summed E-state index contributed by atoms with van der Waals surface area (Å²) in [5, 5.41) is 5.70. The second kappa shape index (κ2) is 6.91. The monoisotopic (exact) mass is 311 g/mol. The molecule has 116 valence electrons. The van der Waals surface area contributed by atoms with E-state index in [9.17, 15) is 9.59 Å². The zero-order chi connectivity index (χ0) is 14.9. The van der Waals surface area contributed by atoms with Crippen molar-refractivity contribution >= 4 is 29.9 Å². The second-order valence-electron chi connectivity index (χ2n) is 5.64. The fourth-order valence-corrected chi connectivity index (χ4v) is 2.21. The molecule has 2 rings (SSSR count). The highest BCUT2D eigenvalue weighted by Crippen LogP contribution is 2.26. The average Bonchev–Trinajstić information content (AvgIpc) is 2.76. The molecule has 2 amide bonds. The van der Waals surface area contributed by atoms with Gasteiger partial charge in [0.15, 0.2) is 0 Å². The molecule has 6 heteroatoms. The molecule has 2 atom stereocenters. The van der Waals surface area contributed by atoms with E-state index in [0.29, 0.717) is 6.42 Å². The van der Waals surface area contributed by atoms with Crippen molar-refractivity contribution in [3.8, 4) is 0 Å². The number of benzene rings is 1. The maximum atomic E-state index is 12.0. The van der Waals surface area contributed by atoms with Crippen LogP contribution >= 0.6 is 12.4 Å². The van der Waals surface area contributed by atoms with Crippen molar-refractivity contribution in [3.63, 3.8) is 0 Å². The van der Waals surface area contributed by atoms with Crippen LogP contribution < -0.4 is 16.4 Å². The molecule has 1 aromatic rings. The molecule has 0 radical (unpaired) electrons. The Morgan fingerprint density at radius 1 is 1.33 bits per heavy atom. The van der Waals surface area contributed by atoms with Gasteiger partial charge in [0.05, 0.1) is 18.5 Å². The first-order chi connectivity index (χ1) is 9.38. The minimum atomic E-state index is -0.505. The molecule has 0 aliphatic carbocycles. The average molecular weight is 312 g/mol. The number of nitrogens with one attached hydrogen (secondary N) is 2. The summed E-state index contributed by atoms with van der Waals surface area (Å²) in [6.07, 6.45) is 0.398. The van der Waals surface area contributed by atoms with E-state index >= 15 is 0 Å². The van der Waals surface area contributed by atoms with Crippen molar-refractivity contribution in [2.45, 2.75) is 39.3 Å². The topological polar surface area (TPSA) is 84.2 Å². The van der Waals surface area contributed by atoms with Crippen molar-refractivity contribution < 1.29 is 9.59 Å². The van der Waals surface area contributed by atoms with Crippen LogP contribution in [0.15, 0.2) is 18.2 Å². The van der Waals surface area contributed by atoms with Gasteiger partial charge in [-0.1, -0.05) is 26.0 Å². The van der Waals surface area contributed by atoms with E-state index in [0.717, 1.165) is 16.8 Å². The smallest absolute Gasteiger partial charge is 0.237 e. The summed E-state index contributed by atoms with van der Waals surface area (Å²) < 4.78 is 0. The van der Waals surface area contributed by atoms with Gasteiger partial charge < -0.3 is 16.4 Å². The van der Waals surface area contributed by atoms with Crippen LogP contribution in [0.4, 0.5) is 5.69 Å². The predicted molar refractivity (Wildman–Crippen MR) is 85.4 cm³/mol. The highest BCUT2D eigenvalue weighted by Gasteiger charge is 2.22. The summed E-state index contributed by atoms with van der Waals surface area (Å²) in [6.45, 7) is 5.75. The van der Waals surface area contributed by atoms with E-state index in [2.05, 4.69) is 10.6 Å². The molecular weight excluding hydrogens is 290 g/mol. The SMILES string of the molecule is CC(NC(=O)[C@@H](N)C(C)C)c1ccc2c(c1)CC(=O)N2.Cl. The summed E-state index contributed by atoms with van der Waals surface area (Å²) in [4.78, 5) is 23.3. The number of carbonyl (C=O) groups is 2. The molecule has 21 heavy (non-hydrogen) atoms. The van der Waals surface area contributed by atoms with Crippen LogP contribution in [0.25, 0.3) is 0 Å². The summed E-state index contributed by atoms with van der Waals surface area (Å²) in [5.41, 5.74) is 8.64. The van der Waals surface area contributed by atoms with Gasteiger partial charge >= 0.3 is 0 Å².